The predicted molar refractivity (Wildman–Crippen MR) is 123 cm³/mol. The lowest BCUT2D eigenvalue weighted by molar-refractivity contribution is -0.114. The second kappa shape index (κ2) is 7.58. The summed E-state index contributed by atoms with van der Waals surface area (Å²) in [6, 6.07) is 14.5. The molecule has 2 aliphatic rings. The van der Waals surface area contributed by atoms with Gasteiger partial charge in [-0.3, -0.25) is 4.79 Å². The molecule has 0 saturated heterocycles. The van der Waals surface area contributed by atoms with Crippen molar-refractivity contribution in [2.75, 3.05) is 12.8 Å². The molecule has 8 heteroatoms. The first-order chi connectivity index (χ1) is 15.3. The number of pyridine rings is 1. The minimum absolute atomic E-state index is 0.110. The summed E-state index contributed by atoms with van der Waals surface area (Å²) in [5.41, 5.74) is 9.37. The summed E-state index contributed by atoms with van der Waals surface area (Å²) < 4.78 is 26.9. The van der Waals surface area contributed by atoms with Gasteiger partial charge in [0.05, 0.1) is 4.90 Å². The normalized spacial score (nSPS) is 15.5. The van der Waals surface area contributed by atoms with Crippen LogP contribution in [0.1, 0.15) is 12.8 Å². The lowest BCUT2D eigenvalue weighted by Crippen LogP contribution is -2.32. The molecular formula is C24H21N4O3S. The molecule has 0 spiro atoms. The summed E-state index contributed by atoms with van der Waals surface area (Å²) >= 11 is 0. The molecule has 1 radical (unpaired) electrons. The van der Waals surface area contributed by atoms with Gasteiger partial charge in [0.1, 0.15) is 5.82 Å². The molecule has 1 amide bonds. The van der Waals surface area contributed by atoms with Crippen LogP contribution in [-0.4, -0.2) is 36.7 Å². The summed E-state index contributed by atoms with van der Waals surface area (Å²) in [7, 11) is -1.86. The molecule has 1 aliphatic heterocycles. The van der Waals surface area contributed by atoms with Crippen LogP contribution in [0.2, 0.25) is 0 Å². The van der Waals surface area contributed by atoms with Gasteiger partial charge in [0.25, 0.3) is 5.91 Å². The fourth-order valence-electron chi connectivity index (χ4n) is 3.77. The monoisotopic (exact) mass is 445 g/mol. The number of nitrogen functional groups attached to an aromatic ring is 1. The molecule has 1 saturated carbocycles. The summed E-state index contributed by atoms with van der Waals surface area (Å²) in [5, 5.41) is 5.43. The summed E-state index contributed by atoms with van der Waals surface area (Å²) in [6.45, 7) is 0. The minimum Gasteiger partial charge on any atom is -0.383 e. The Labute approximate surface area is 186 Å². The molecular weight excluding hydrogens is 424 g/mol. The fourth-order valence-corrected chi connectivity index (χ4v) is 5.19. The van der Waals surface area contributed by atoms with E-state index >= 15 is 0 Å². The zero-order valence-electron chi connectivity index (χ0n) is 17.4. The quantitative estimate of drug-likeness (QED) is 0.640. The van der Waals surface area contributed by atoms with Crippen molar-refractivity contribution in [1.29, 1.82) is 0 Å². The van der Waals surface area contributed by atoms with Crippen molar-refractivity contribution < 1.29 is 13.2 Å². The van der Waals surface area contributed by atoms with Gasteiger partial charge in [-0.1, -0.05) is 24.3 Å². The molecule has 3 aromatic rings. The van der Waals surface area contributed by atoms with E-state index in [0.29, 0.717) is 5.82 Å². The third-order valence-corrected chi connectivity index (χ3v) is 7.78. The Kier molecular flexibility index (Phi) is 4.83. The summed E-state index contributed by atoms with van der Waals surface area (Å²) in [6.07, 6.45) is 6.53. The number of rotatable bonds is 5. The number of carbonyl (C=O) groups excluding carboxylic acids is 1. The van der Waals surface area contributed by atoms with E-state index in [1.807, 2.05) is 24.3 Å². The van der Waals surface area contributed by atoms with E-state index < -0.39 is 10.0 Å². The smallest absolute Gasteiger partial charge is 0.270 e. The van der Waals surface area contributed by atoms with Gasteiger partial charge in [0, 0.05) is 47.9 Å². The zero-order chi connectivity index (χ0) is 22.5. The van der Waals surface area contributed by atoms with Gasteiger partial charge in [0.2, 0.25) is 10.0 Å². The van der Waals surface area contributed by atoms with Gasteiger partial charge in [-0.2, -0.15) is 4.31 Å². The number of fused-ring (bicyclic) bond motifs is 1. The number of hydrogen-bond donors (Lipinski definition) is 1. The van der Waals surface area contributed by atoms with Crippen molar-refractivity contribution in [3.05, 3.63) is 65.2 Å². The Morgan fingerprint density at radius 1 is 0.969 bits per heavy atom. The number of hydrogen-bond acceptors (Lipinski definition) is 5. The fraction of sp³-hybridized carbons (Fsp3) is 0.167. The number of sulfonamides is 1. The lowest BCUT2D eigenvalue weighted by atomic mass is 9.99. The number of amides is 1. The molecule has 32 heavy (non-hydrogen) atoms. The van der Waals surface area contributed by atoms with Crippen LogP contribution >= 0.6 is 0 Å². The van der Waals surface area contributed by atoms with E-state index in [4.69, 9.17) is 5.73 Å². The largest absolute Gasteiger partial charge is 0.383 e. The van der Waals surface area contributed by atoms with Gasteiger partial charge in [-0.15, -0.1) is 0 Å². The van der Waals surface area contributed by atoms with Gasteiger partial charge in [-0.25, -0.2) is 18.7 Å². The van der Waals surface area contributed by atoms with Gasteiger partial charge in [-0.05, 0) is 53.5 Å². The Bertz CT molecular complexity index is 1460. The molecule has 2 aromatic carbocycles. The standard InChI is InChI=1S/C24H21N4O3S/c1-28(20-6-7-20)32(30,31)21-8-4-15(5-9-21)19-11-22(24(25)27-14-19)16-2-3-17-13-26-23(29)12-18(17)10-16/h2-5,8-14,20H,6-7H2,1H3,(H2,25,27). The van der Waals surface area contributed by atoms with Crippen LogP contribution in [0, 0.1) is 0 Å². The SMILES string of the molecule is CN(C1CC1)S(=O)(=O)c1ccc(-c2cnc(N)c(-c3ccc4c(c3)=CC(=O)[N]C=4)c2)cc1. The van der Waals surface area contributed by atoms with E-state index in [1.54, 1.807) is 43.7 Å². The first-order valence-corrected chi connectivity index (χ1v) is 11.7. The first kappa shape index (κ1) is 20.4. The van der Waals surface area contributed by atoms with Crippen LogP contribution in [0.5, 0.6) is 0 Å². The number of nitrogens with zero attached hydrogens (tertiary/aromatic N) is 3. The Hall–Kier alpha value is -3.49. The highest BCUT2D eigenvalue weighted by Gasteiger charge is 2.34. The van der Waals surface area contributed by atoms with E-state index in [-0.39, 0.29) is 16.8 Å². The van der Waals surface area contributed by atoms with Crippen molar-refractivity contribution in [2.24, 2.45) is 0 Å². The van der Waals surface area contributed by atoms with Crippen LogP contribution in [0.15, 0.2) is 59.6 Å². The molecule has 161 valence electrons. The van der Waals surface area contributed by atoms with E-state index in [2.05, 4.69) is 10.3 Å². The van der Waals surface area contributed by atoms with E-state index in [1.165, 1.54) is 10.4 Å². The highest BCUT2D eigenvalue weighted by Crippen LogP contribution is 2.32. The van der Waals surface area contributed by atoms with Gasteiger partial charge < -0.3 is 5.73 Å². The van der Waals surface area contributed by atoms with Crippen LogP contribution < -0.4 is 21.5 Å². The maximum atomic E-state index is 12.7. The molecule has 1 aliphatic carbocycles. The number of nitrogens with two attached hydrogens (primary N) is 1. The van der Waals surface area contributed by atoms with Crippen LogP contribution in [0.4, 0.5) is 5.82 Å². The van der Waals surface area contributed by atoms with E-state index in [0.717, 1.165) is 45.5 Å². The maximum absolute atomic E-state index is 12.7. The van der Waals surface area contributed by atoms with Crippen molar-refractivity contribution >= 4 is 34.0 Å². The second-order valence-corrected chi connectivity index (χ2v) is 10.0. The minimum atomic E-state index is -3.49. The third kappa shape index (κ3) is 3.68. The van der Waals surface area contributed by atoms with Gasteiger partial charge in [0.15, 0.2) is 0 Å². The summed E-state index contributed by atoms with van der Waals surface area (Å²) in [4.78, 5) is 16.2. The number of benzene rings is 2. The Morgan fingerprint density at radius 2 is 1.69 bits per heavy atom. The Morgan fingerprint density at radius 3 is 2.41 bits per heavy atom. The summed E-state index contributed by atoms with van der Waals surface area (Å²) in [5.74, 6) is 0.0756. The third-order valence-electron chi connectivity index (χ3n) is 5.85. The maximum Gasteiger partial charge on any atom is 0.270 e. The van der Waals surface area contributed by atoms with E-state index in [9.17, 15) is 13.2 Å². The molecule has 0 bridgehead atoms. The highest BCUT2D eigenvalue weighted by atomic mass is 32.2. The van der Waals surface area contributed by atoms with Crippen LogP contribution in [-0.2, 0) is 14.8 Å². The number of carbonyl (C=O) groups is 1. The van der Waals surface area contributed by atoms with Crippen LogP contribution in [0.25, 0.3) is 34.5 Å². The topological polar surface area (TPSA) is 107 Å². The number of aromatic nitrogens is 1. The number of anilines is 1. The van der Waals surface area contributed by atoms with Gasteiger partial charge >= 0.3 is 0 Å². The van der Waals surface area contributed by atoms with Crippen molar-refractivity contribution in [3.63, 3.8) is 0 Å². The molecule has 0 atom stereocenters. The molecule has 5 rings (SSSR count). The average Bonchev–Trinajstić information content (AvgIpc) is 3.64. The van der Waals surface area contributed by atoms with Crippen molar-refractivity contribution in [2.45, 2.75) is 23.8 Å². The molecule has 1 fully saturated rings. The molecule has 7 nitrogen and oxygen atoms in total. The second-order valence-electron chi connectivity index (χ2n) is 8.02. The molecule has 1 aromatic heterocycles. The molecule has 2 heterocycles. The predicted octanol–water partition coefficient (Wildman–Crippen LogP) is 1.44. The first-order valence-electron chi connectivity index (χ1n) is 10.2. The highest BCUT2D eigenvalue weighted by molar-refractivity contribution is 7.89. The van der Waals surface area contributed by atoms with Crippen molar-refractivity contribution in [1.82, 2.24) is 14.6 Å². The average molecular weight is 446 g/mol. The lowest BCUT2D eigenvalue weighted by Gasteiger charge is -2.16. The van der Waals surface area contributed by atoms with Crippen molar-refractivity contribution in [3.8, 4) is 22.3 Å². The molecule has 0 unspecified atom stereocenters. The zero-order valence-corrected chi connectivity index (χ0v) is 18.2. The molecule has 2 N–H and O–H groups in total. The van der Waals surface area contributed by atoms with Crippen LogP contribution in [0.3, 0.4) is 0 Å². The Balaban J connectivity index is 1.50.